The highest BCUT2D eigenvalue weighted by Crippen LogP contribution is 2.34. The van der Waals surface area contributed by atoms with Gasteiger partial charge in [-0.3, -0.25) is 4.21 Å². The minimum Gasteiger partial charge on any atom is -0.330 e. The molecule has 0 bridgehead atoms. The molecule has 1 fully saturated rings. The molecule has 2 atom stereocenters. The van der Waals surface area contributed by atoms with Gasteiger partial charge in [0.05, 0.1) is 5.69 Å². The van der Waals surface area contributed by atoms with Crippen LogP contribution in [0.1, 0.15) is 62.2 Å². The lowest BCUT2D eigenvalue weighted by atomic mass is 9.88. The van der Waals surface area contributed by atoms with Gasteiger partial charge < -0.3 is 9.88 Å². The molecule has 118 valence electrons. The third-order valence-corrected chi connectivity index (χ3v) is 6.27. The van der Waals surface area contributed by atoms with E-state index in [-0.39, 0.29) is 5.25 Å². The fourth-order valence-electron chi connectivity index (χ4n) is 3.63. The third kappa shape index (κ3) is 3.24. The number of fused-ring (bicyclic) bond motifs is 1. The SMILES string of the molecule is CC(Cn1c(C2CCCCC2)nc2c1CCNC2)S(C)=O. The molecule has 5 heteroatoms. The average molecular weight is 309 g/mol. The van der Waals surface area contributed by atoms with Gasteiger partial charge in [0.15, 0.2) is 0 Å². The summed E-state index contributed by atoms with van der Waals surface area (Å²) >= 11 is 0. The summed E-state index contributed by atoms with van der Waals surface area (Å²) in [5.74, 6) is 1.89. The largest absolute Gasteiger partial charge is 0.330 e. The van der Waals surface area contributed by atoms with Crippen molar-refractivity contribution in [3.8, 4) is 0 Å². The Bertz CT molecular complexity index is 520. The average Bonchev–Trinajstić information content (AvgIpc) is 2.87. The third-order valence-electron chi connectivity index (χ3n) is 4.99. The zero-order valence-corrected chi connectivity index (χ0v) is 14.0. The van der Waals surface area contributed by atoms with Crippen LogP contribution in [-0.4, -0.2) is 31.8 Å². The molecule has 1 N–H and O–H groups in total. The molecular weight excluding hydrogens is 282 g/mol. The van der Waals surface area contributed by atoms with Gasteiger partial charge in [-0.1, -0.05) is 19.3 Å². The molecule has 1 aliphatic carbocycles. The van der Waals surface area contributed by atoms with E-state index in [9.17, 15) is 4.21 Å². The van der Waals surface area contributed by atoms with Crippen molar-refractivity contribution in [2.24, 2.45) is 0 Å². The van der Waals surface area contributed by atoms with Gasteiger partial charge in [0.25, 0.3) is 0 Å². The molecule has 2 aliphatic rings. The fraction of sp³-hybridized carbons (Fsp3) is 0.812. The van der Waals surface area contributed by atoms with Crippen LogP contribution < -0.4 is 5.32 Å². The molecule has 1 saturated carbocycles. The number of nitrogens with one attached hydrogen (secondary N) is 1. The van der Waals surface area contributed by atoms with Crippen molar-refractivity contribution in [1.29, 1.82) is 0 Å². The first-order chi connectivity index (χ1) is 10.2. The summed E-state index contributed by atoms with van der Waals surface area (Å²) in [7, 11) is -0.773. The van der Waals surface area contributed by atoms with Crippen molar-refractivity contribution < 1.29 is 4.21 Å². The standard InChI is InChI=1S/C16H27N3OS/c1-12(21(2)20)11-19-15-8-9-17-10-14(15)18-16(19)13-6-4-3-5-7-13/h12-13,17H,3-11H2,1-2H3. The van der Waals surface area contributed by atoms with Crippen molar-refractivity contribution in [2.45, 2.75) is 69.7 Å². The van der Waals surface area contributed by atoms with Gasteiger partial charge in [0.1, 0.15) is 5.82 Å². The van der Waals surface area contributed by atoms with Crippen LogP contribution in [0.5, 0.6) is 0 Å². The highest BCUT2D eigenvalue weighted by Gasteiger charge is 2.27. The summed E-state index contributed by atoms with van der Waals surface area (Å²) in [4.78, 5) is 4.99. The lowest BCUT2D eigenvalue weighted by Crippen LogP contribution is -2.27. The van der Waals surface area contributed by atoms with Crippen LogP contribution >= 0.6 is 0 Å². The number of rotatable bonds is 4. The van der Waals surface area contributed by atoms with Crippen LogP contribution in [0.25, 0.3) is 0 Å². The normalized spacial score (nSPS) is 22.8. The first-order valence-corrected chi connectivity index (χ1v) is 9.90. The minimum absolute atomic E-state index is 0.195. The monoisotopic (exact) mass is 309 g/mol. The van der Waals surface area contributed by atoms with Gasteiger partial charge in [0.2, 0.25) is 0 Å². The van der Waals surface area contributed by atoms with E-state index in [2.05, 4.69) is 16.8 Å². The van der Waals surface area contributed by atoms with Gasteiger partial charge in [-0.2, -0.15) is 0 Å². The Kier molecular flexibility index (Phi) is 4.79. The maximum absolute atomic E-state index is 11.8. The number of imidazole rings is 1. The Hall–Kier alpha value is -0.680. The molecular formula is C16H27N3OS. The lowest BCUT2D eigenvalue weighted by Gasteiger charge is -2.24. The number of hydrogen-bond acceptors (Lipinski definition) is 3. The molecule has 0 amide bonds. The van der Waals surface area contributed by atoms with E-state index in [4.69, 9.17) is 4.98 Å². The Morgan fingerprint density at radius 2 is 2.14 bits per heavy atom. The van der Waals surface area contributed by atoms with Gasteiger partial charge in [0, 0.05) is 60.0 Å². The molecule has 3 rings (SSSR count). The van der Waals surface area contributed by atoms with Crippen molar-refractivity contribution in [2.75, 3.05) is 12.8 Å². The molecule has 2 heterocycles. The highest BCUT2D eigenvalue weighted by atomic mass is 32.2. The molecule has 1 aliphatic heterocycles. The molecule has 0 spiro atoms. The number of hydrogen-bond donors (Lipinski definition) is 1. The highest BCUT2D eigenvalue weighted by molar-refractivity contribution is 7.84. The number of nitrogens with zero attached hydrogens (tertiary/aromatic N) is 2. The van der Waals surface area contributed by atoms with Crippen LogP contribution in [0.15, 0.2) is 0 Å². The van der Waals surface area contributed by atoms with Crippen molar-refractivity contribution in [1.82, 2.24) is 14.9 Å². The van der Waals surface area contributed by atoms with Crippen molar-refractivity contribution in [3.05, 3.63) is 17.2 Å². The summed E-state index contributed by atoms with van der Waals surface area (Å²) in [6.07, 6.45) is 9.44. The molecule has 0 aromatic carbocycles. The second-order valence-corrected chi connectivity index (χ2v) is 8.35. The molecule has 4 nitrogen and oxygen atoms in total. The minimum atomic E-state index is -0.773. The number of aromatic nitrogens is 2. The predicted molar refractivity (Wildman–Crippen MR) is 87.0 cm³/mol. The first-order valence-electron chi connectivity index (χ1n) is 8.28. The predicted octanol–water partition coefficient (Wildman–Crippen LogP) is 2.34. The van der Waals surface area contributed by atoms with E-state index in [0.29, 0.717) is 5.92 Å². The Morgan fingerprint density at radius 3 is 2.86 bits per heavy atom. The molecule has 1 aromatic heterocycles. The van der Waals surface area contributed by atoms with Gasteiger partial charge in [-0.15, -0.1) is 0 Å². The Balaban J connectivity index is 1.93. The maximum atomic E-state index is 11.8. The molecule has 0 saturated heterocycles. The summed E-state index contributed by atoms with van der Waals surface area (Å²) in [5.41, 5.74) is 2.63. The van der Waals surface area contributed by atoms with E-state index in [1.807, 2.05) is 6.26 Å². The van der Waals surface area contributed by atoms with Crippen LogP contribution in [-0.2, 0) is 30.3 Å². The fourth-order valence-corrected chi connectivity index (χ4v) is 3.99. The topological polar surface area (TPSA) is 46.9 Å². The van der Waals surface area contributed by atoms with Gasteiger partial charge in [-0.25, -0.2) is 4.98 Å². The maximum Gasteiger partial charge on any atom is 0.112 e. The lowest BCUT2D eigenvalue weighted by molar-refractivity contribution is 0.412. The molecule has 1 aromatic rings. The van der Waals surface area contributed by atoms with E-state index < -0.39 is 10.8 Å². The Labute approximate surface area is 130 Å². The Morgan fingerprint density at radius 1 is 1.38 bits per heavy atom. The second-order valence-electron chi connectivity index (χ2n) is 6.54. The molecule has 21 heavy (non-hydrogen) atoms. The quantitative estimate of drug-likeness (QED) is 0.928. The van der Waals surface area contributed by atoms with E-state index in [1.54, 1.807) is 0 Å². The summed E-state index contributed by atoms with van der Waals surface area (Å²) in [6.45, 7) is 4.88. The molecule has 0 radical (unpaired) electrons. The molecule has 2 unspecified atom stereocenters. The van der Waals surface area contributed by atoms with E-state index in [1.165, 1.54) is 49.3 Å². The van der Waals surface area contributed by atoms with Crippen LogP contribution in [0.4, 0.5) is 0 Å². The zero-order valence-electron chi connectivity index (χ0n) is 13.2. The zero-order chi connectivity index (χ0) is 14.8. The smallest absolute Gasteiger partial charge is 0.112 e. The summed E-state index contributed by atoms with van der Waals surface area (Å²) in [5, 5.41) is 3.62. The second kappa shape index (κ2) is 6.61. The summed E-state index contributed by atoms with van der Waals surface area (Å²) < 4.78 is 14.2. The van der Waals surface area contributed by atoms with Crippen LogP contribution in [0, 0.1) is 0 Å². The van der Waals surface area contributed by atoms with Crippen molar-refractivity contribution >= 4 is 10.8 Å². The van der Waals surface area contributed by atoms with E-state index >= 15 is 0 Å². The summed E-state index contributed by atoms with van der Waals surface area (Å²) in [6, 6.07) is 0. The van der Waals surface area contributed by atoms with Gasteiger partial charge in [-0.05, 0) is 19.8 Å². The van der Waals surface area contributed by atoms with Crippen LogP contribution in [0.3, 0.4) is 0 Å². The van der Waals surface area contributed by atoms with Crippen molar-refractivity contribution in [3.63, 3.8) is 0 Å². The first kappa shape index (κ1) is 15.2. The van der Waals surface area contributed by atoms with Gasteiger partial charge >= 0.3 is 0 Å². The van der Waals surface area contributed by atoms with E-state index in [0.717, 1.165) is 26.1 Å². The van der Waals surface area contributed by atoms with Crippen LogP contribution in [0.2, 0.25) is 0 Å².